The molecule has 0 fully saturated rings. The number of carbonyl (C=O) groups excluding carboxylic acids is 1. The van der Waals surface area contributed by atoms with Crippen molar-refractivity contribution < 1.29 is 4.79 Å². The van der Waals surface area contributed by atoms with Gasteiger partial charge in [-0.3, -0.25) is 4.79 Å². The van der Waals surface area contributed by atoms with Crippen LogP contribution in [0.5, 0.6) is 0 Å². The molecule has 0 bridgehead atoms. The molecule has 1 amide bonds. The first-order valence-corrected chi connectivity index (χ1v) is 9.88. The van der Waals surface area contributed by atoms with Crippen LogP contribution in [0.4, 0.5) is 5.69 Å². The fraction of sp³-hybridized carbons (Fsp3) is 0. The zero-order valence-electron chi connectivity index (χ0n) is 13.7. The van der Waals surface area contributed by atoms with Crippen LogP contribution in [-0.4, -0.2) is 10.9 Å². The molecule has 0 unspecified atom stereocenters. The molecule has 1 aromatic heterocycles. The molecule has 1 N–H and O–H groups in total. The lowest BCUT2D eigenvalue weighted by molar-refractivity contribution is 0.102. The second-order valence-corrected chi connectivity index (χ2v) is 8.07. The van der Waals surface area contributed by atoms with Crippen molar-refractivity contribution in [1.82, 2.24) is 4.98 Å². The van der Waals surface area contributed by atoms with Gasteiger partial charge in [-0.2, -0.15) is 0 Å². The van der Waals surface area contributed by atoms with Crippen molar-refractivity contribution in [2.24, 2.45) is 0 Å². The predicted molar refractivity (Wildman–Crippen MR) is 114 cm³/mol. The summed E-state index contributed by atoms with van der Waals surface area (Å²) in [5.74, 6) is -0.332. The molecule has 0 aliphatic heterocycles. The van der Waals surface area contributed by atoms with E-state index in [1.165, 1.54) is 17.4 Å². The van der Waals surface area contributed by atoms with E-state index in [-0.39, 0.29) is 10.9 Å². The summed E-state index contributed by atoms with van der Waals surface area (Å²) in [6, 6.07) is 17.9. The Morgan fingerprint density at radius 1 is 0.926 bits per heavy atom. The van der Waals surface area contributed by atoms with Crippen LogP contribution < -0.4 is 5.32 Å². The molecule has 27 heavy (non-hydrogen) atoms. The second kappa shape index (κ2) is 7.49. The lowest BCUT2D eigenvalue weighted by Crippen LogP contribution is -2.13. The number of hydrogen-bond donors (Lipinski definition) is 1. The normalized spacial score (nSPS) is 10.9. The number of nitrogens with one attached hydrogen (secondary N) is 1. The van der Waals surface area contributed by atoms with Gasteiger partial charge in [0.2, 0.25) is 0 Å². The standard InChI is InChI=1S/C20H11Cl3N2OS/c21-11-6-8-16(24-19(26)13-7-5-12(22)10-15(13)23)14(9-11)20-25-17-3-1-2-4-18(17)27-20/h1-10H,(H,24,26). The topological polar surface area (TPSA) is 42.0 Å². The summed E-state index contributed by atoms with van der Waals surface area (Å²) in [5.41, 5.74) is 2.60. The number of aromatic nitrogens is 1. The van der Waals surface area contributed by atoms with Crippen molar-refractivity contribution in [2.75, 3.05) is 5.32 Å². The molecule has 3 aromatic carbocycles. The Labute approximate surface area is 174 Å². The summed E-state index contributed by atoms with van der Waals surface area (Å²) >= 11 is 19.8. The molecule has 0 aliphatic carbocycles. The number of anilines is 1. The number of amides is 1. The molecule has 1 heterocycles. The molecule has 134 valence electrons. The third-order valence-corrected chi connectivity index (χ3v) is 5.78. The molecular weight excluding hydrogens is 423 g/mol. The average molecular weight is 434 g/mol. The first-order chi connectivity index (χ1) is 13.0. The molecule has 7 heteroatoms. The van der Waals surface area contributed by atoms with Gasteiger partial charge in [-0.25, -0.2) is 4.98 Å². The number of benzene rings is 3. The van der Waals surface area contributed by atoms with Crippen LogP contribution in [0.2, 0.25) is 15.1 Å². The first-order valence-electron chi connectivity index (χ1n) is 7.93. The second-order valence-electron chi connectivity index (χ2n) is 5.75. The SMILES string of the molecule is O=C(Nc1ccc(Cl)cc1-c1nc2ccccc2s1)c1ccc(Cl)cc1Cl. The van der Waals surface area contributed by atoms with Crippen LogP contribution >= 0.6 is 46.1 Å². The number of thiazole rings is 1. The number of nitrogens with zero attached hydrogens (tertiary/aromatic N) is 1. The van der Waals surface area contributed by atoms with Crippen molar-refractivity contribution >= 4 is 68.0 Å². The van der Waals surface area contributed by atoms with Gasteiger partial charge in [0.05, 0.1) is 26.5 Å². The monoisotopic (exact) mass is 432 g/mol. The van der Waals surface area contributed by atoms with E-state index in [9.17, 15) is 4.79 Å². The Morgan fingerprint density at radius 2 is 1.67 bits per heavy atom. The van der Waals surface area contributed by atoms with E-state index < -0.39 is 0 Å². The van der Waals surface area contributed by atoms with Crippen molar-refractivity contribution in [3.63, 3.8) is 0 Å². The van der Waals surface area contributed by atoms with Gasteiger partial charge in [0.15, 0.2) is 0 Å². The molecule has 4 aromatic rings. The fourth-order valence-corrected chi connectivity index (χ4v) is 4.32. The van der Waals surface area contributed by atoms with Gasteiger partial charge in [-0.05, 0) is 48.5 Å². The zero-order valence-corrected chi connectivity index (χ0v) is 16.8. The maximum absolute atomic E-state index is 12.7. The van der Waals surface area contributed by atoms with Crippen LogP contribution in [0.1, 0.15) is 10.4 Å². The van der Waals surface area contributed by atoms with Gasteiger partial charge in [-0.15, -0.1) is 11.3 Å². The Kier molecular flexibility index (Phi) is 5.06. The molecule has 0 spiro atoms. The minimum Gasteiger partial charge on any atom is -0.321 e. The Balaban J connectivity index is 1.74. The summed E-state index contributed by atoms with van der Waals surface area (Å²) in [6.45, 7) is 0. The average Bonchev–Trinajstić information content (AvgIpc) is 3.07. The van der Waals surface area contributed by atoms with Crippen LogP contribution in [0.25, 0.3) is 20.8 Å². The lowest BCUT2D eigenvalue weighted by atomic mass is 10.1. The van der Waals surface area contributed by atoms with E-state index in [1.807, 2.05) is 24.3 Å². The van der Waals surface area contributed by atoms with E-state index in [4.69, 9.17) is 34.8 Å². The number of fused-ring (bicyclic) bond motifs is 1. The van der Waals surface area contributed by atoms with E-state index in [1.54, 1.807) is 30.3 Å². The molecule has 3 nitrogen and oxygen atoms in total. The summed E-state index contributed by atoms with van der Waals surface area (Å²) in [7, 11) is 0. The van der Waals surface area contributed by atoms with Gasteiger partial charge in [0.1, 0.15) is 5.01 Å². The van der Waals surface area contributed by atoms with E-state index in [0.717, 1.165) is 20.8 Å². The molecule has 4 rings (SSSR count). The molecule has 0 saturated heterocycles. The molecule has 0 radical (unpaired) electrons. The Hall–Kier alpha value is -2.11. The highest BCUT2D eigenvalue weighted by atomic mass is 35.5. The maximum Gasteiger partial charge on any atom is 0.257 e. The highest BCUT2D eigenvalue weighted by molar-refractivity contribution is 7.21. The first kappa shape index (κ1) is 18.3. The third kappa shape index (κ3) is 3.80. The molecule has 0 aliphatic rings. The maximum atomic E-state index is 12.7. The summed E-state index contributed by atoms with van der Waals surface area (Å²) in [5, 5.41) is 4.99. The van der Waals surface area contributed by atoms with Crippen LogP contribution in [0, 0.1) is 0 Å². The van der Waals surface area contributed by atoms with Gasteiger partial charge < -0.3 is 5.32 Å². The Morgan fingerprint density at radius 3 is 2.44 bits per heavy atom. The quantitative estimate of drug-likeness (QED) is 0.372. The fourth-order valence-electron chi connectivity index (χ4n) is 2.65. The minimum atomic E-state index is -0.332. The summed E-state index contributed by atoms with van der Waals surface area (Å²) in [6.07, 6.45) is 0. The van der Waals surface area contributed by atoms with Gasteiger partial charge in [0.25, 0.3) is 5.91 Å². The highest BCUT2D eigenvalue weighted by Gasteiger charge is 2.16. The largest absolute Gasteiger partial charge is 0.321 e. The van der Waals surface area contributed by atoms with E-state index in [0.29, 0.717) is 21.3 Å². The molecular formula is C20H11Cl3N2OS. The minimum absolute atomic E-state index is 0.288. The van der Waals surface area contributed by atoms with Crippen LogP contribution in [0.3, 0.4) is 0 Å². The van der Waals surface area contributed by atoms with Crippen molar-refractivity contribution in [2.45, 2.75) is 0 Å². The number of carbonyl (C=O) groups is 1. The zero-order chi connectivity index (χ0) is 19.0. The molecule has 0 atom stereocenters. The third-order valence-electron chi connectivity index (χ3n) is 3.93. The predicted octanol–water partition coefficient (Wildman–Crippen LogP) is 7.18. The van der Waals surface area contributed by atoms with Crippen LogP contribution in [-0.2, 0) is 0 Å². The summed E-state index contributed by atoms with van der Waals surface area (Å²) < 4.78 is 1.06. The van der Waals surface area contributed by atoms with Gasteiger partial charge >= 0.3 is 0 Å². The Bertz CT molecular complexity index is 1140. The van der Waals surface area contributed by atoms with Gasteiger partial charge in [-0.1, -0.05) is 46.9 Å². The van der Waals surface area contributed by atoms with E-state index in [2.05, 4.69) is 10.3 Å². The highest BCUT2D eigenvalue weighted by Crippen LogP contribution is 2.36. The van der Waals surface area contributed by atoms with Crippen LogP contribution in [0.15, 0.2) is 60.7 Å². The smallest absolute Gasteiger partial charge is 0.257 e. The lowest BCUT2D eigenvalue weighted by Gasteiger charge is -2.11. The van der Waals surface area contributed by atoms with Crippen molar-refractivity contribution in [3.8, 4) is 10.6 Å². The molecule has 0 saturated carbocycles. The van der Waals surface area contributed by atoms with Crippen molar-refractivity contribution in [1.29, 1.82) is 0 Å². The summed E-state index contributed by atoms with van der Waals surface area (Å²) in [4.78, 5) is 17.4. The number of rotatable bonds is 3. The van der Waals surface area contributed by atoms with E-state index >= 15 is 0 Å². The number of hydrogen-bond acceptors (Lipinski definition) is 3. The number of para-hydroxylation sites is 1. The van der Waals surface area contributed by atoms with Gasteiger partial charge in [0, 0.05) is 15.6 Å². The number of halogens is 3. The van der Waals surface area contributed by atoms with Crippen molar-refractivity contribution in [3.05, 3.63) is 81.3 Å².